The van der Waals surface area contributed by atoms with Crippen LogP contribution in [0.5, 0.6) is 0 Å². The molecule has 0 aromatic heterocycles. The third kappa shape index (κ3) is 5.70. The second-order valence-electron chi connectivity index (χ2n) is 6.37. The molecule has 0 spiro atoms. The molecule has 1 heterocycles. The molecule has 2 atom stereocenters. The van der Waals surface area contributed by atoms with Crippen LogP contribution in [0.1, 0.15) is 37.7 Å². The number of unbranched alkanes of at least 4 members (excludes halogenated alkanes) is 1. The van der Waals surface area contributed by atoms with Crippen molar-refractivity contribution < 1.29 is 14.7 Å². The summed E-state index contributed by atoms with van der Waals surface area (Å²) in [4.78, 5) is 25.7. The van der Waals surface area contributed by atoms with Gasteiger partial charge in [-0.25, -0.2) is 4.79 Å². The van der Waals surface area contributed by atoms with Gasteiger partial charge in [-0.15, -0.1) is 0 Å². The molecule has 4 N–H and O–H groups in total. The molecule has 0 saturated carbocycles. The predicted octanol–water partition coefficient (Wildman–Crippen LogP) is 2.00. The molecule has 1 aliphatic heterocycles. The molecule has 1 aromatic carbocycles. The van der Waals surface area contributed by atoms with E-state index in [1.165, 1.54) is 4.90 Å². The maximum Gasteiger partial charge on any atom is 0.326 e. The summed E-state index contributed by atoms with van der Waals surface area (Å²) in [6.07, 6.45) is 3.57. The topological polar surface area (TPSA) is 95.7 Å². The lowest BCUT2D eigenvalue weighted by Crippen LogP contribution is -2.50. The first-order valence-corrected chi connectivity index (χ1v) is 9.12. The Morgan fingerprint density at radius 2 is 2.04 bits per heavy atom. The van der Waals surface area contributed by atoms with Crippen LogP contribution in [-0.2, 0) is 16.1 Å². The zero-order chi connectivity index (χ0) is 18.2. The van der Waals surface area contributed by atoms with Crippen LogP contribution in [0.25, 0.3) is 0 Å². The Kier molecular flexibility index (Phi) is 7.68. The van der Waals surface area contributed by atoms with Crippen molar-refractivity contribution in [1.29, 1.82) is 0 Å². The standard InChI is InChI=1S/C18H26ClN3O3/c19-14-8-6-13(7-9-14)12-21-15(4-1-2-10-20)17(23)22-11-3-5-16(22)18(24)25/h6-9,15-16,21H,1-5,10-12,20H2,(H,24,25)/t15-,16-/m0/s1. The van der Waals surface area contributed by atoms with E-state index in [-0.39, 0.29) is 5.91 Å². The Labute approximate surface area is 153 Å². The number of aliphatic carboxylic acids is 1. The number of nitrogens with two attached hydrogens (primary N) is 1. The molecule has 6 nitrogen and oxygen atoms in total. The summed E-state index contributed by atoms with van der Waals surface area (Å²) >= 11 is 5.89. The van der Waals surface area contributed by atoms with Gasteiger partial charge in [0.15, 0.2) is 0 Å². The quantitative estimate of drug-likeness (QED) is 0.580. The maximum absolute atomic E-state index is 12.9. The number of carbonyl (C=O) groups is 2. The Morgan fingerprint density at radius 3 is 2.68 bits per heavy atom. The zero-order valence-electron chi connectivity index (χ0n) is 14.3. The summed E-state index contributed by atoms with van der Waals surface area (Å²) < 4.78 is 0. The number of hydrogen-bond acceptors (Lipinski definition) is 4. The number of nitrogens with one attached hydrogen (secondary N) is 1. The number of likely N-dealkylation sites (tertiary alicyclic amines) is 1. The minimum absolute atomic E-state index is 0.129. The Bertz CT molecular complexity index is 579. The molecule has 25 heavy (non-hydrogen) atoms. The second-order valence-corrected chi connectivity index (χ2v) is 6.81. The van der Waals surface area contributed by atoms with Crippen molar-refractivity contribution in [3.8, 4) is 0 Å². The van der Waals surface area contributed by atoms with E-state index in [1.54, 1.807) is 0 Å². The fraction of sp³-hybridized carbons (Fsp3) is 0.556. The molecule has 0 radical (unpaired) electrons. The molecule has 0 unspecified atom stereocenters. The first-order chi connectivity index (χ1) is 12.0. The lowest BCUT2D eigenvalue weighted by atomic mass is 10.1. The van der Waals surface area contributed by atoms with Crippen LogP contribution < -0.4 is 11.1 Å². The fourth-order valence-corrected chi connectivity index (χ4v) is 3.26. The molecule has 0 aliphatic carbocycles. The smallest absolute Gasteiger partial charge is 0.326 e. The molecule has 1 fully saturated rings. The van der Waals surface area contributed by atoms with Gasteiger partial charge in [-0.1, -0.05) is 30.2 Å². The fourth-order valence-electron chi connectivity index (χ4n) is 3.14. The SMILES string of the molecule is NCCCC[C@H](NCc1ccc(Cl)cc1)C(=O)N1CCC[C@H]1C(=O)O. The van der Waals surface area contributed by atoms with Gasteiger partial charge in [0, 0.05) is 18.1 Å². The average molecular weight is 368 g/mol. The maximum atomic E-state index is 12.9. The molecule has 2 rings (SSSR count). The predicted molar refractivity (Wildman–Crippen MR) is 97.4 cm³/mol. The van der Waals surface area contributed by atoms with Gasteiger partial charge in [-0.3, -0.25) is 4.79 Å². The number of benzene rings is 1. The van der Waals surface area contributed by atoms with E-state index >= 15 is 0 Å². The summed E-state index contributed by atoms with van der Waals surface area (Å²) in [6, 6.07) is 6.33. The van der Waals surface area contributed by atoms with E-state index in [4.69, 9.17) is 17.3 Å². The minimum atomic E-state index is -0.927. The number of carbonyl (C=O) groups excluding carboxylic acids is 1. The highest BCUT2D eigenvalue weighted by molar-refractivity contribution is 6.30. The van der Waals surface area contributed by atoms with E-state index < -0.39 is 18.1 Å². The van der Waals surface area contributed by atoms with Gasteiger partial charge >= 0.3 is 5.97 Å². The normalized spacial score (nSPS) is 18.3. The van der Waals surface area contributed by atoms with Crippen molar-refractivity contribution >= 4 is 23.5 Å². The molecular formula is C18H26ClN3O3. The van der Waals surface area contributed by atoms with E-state index in [9.17, 15) is 14.7 Å². The molecule has 0 bridgehead atoms. The number of halogens is 1. The van der Waals surface area contributed by atoms with Crippen LogP contribution in [0.15, 0.2) is 24.3 Å². The van der Waals surface area contributed by atoms with Crippen LogP contribution >= 0.6 is 11.6 Å². The van der Waals surface area contributed by atoms with Gasteiger partial charge in [-0.2, -0.15) is 0 Å². The summed E-state index contributed by atoms with van der Waals surface area (Å²) in [5.74, 6) is -1.06. The molecule has 1 amide bonds. The lowest BCUT2D eigenvalue weighted by molar-refractivity contribution is -0.149. The first kappa shape index (κ1) is 19.7. The van der Waals surface area contributed by atoms with E-state index in [0.717, 1.165) is 24.8 Å². The lowest BCUT2D eigenvalue weighted by Gasteiger charge is -2.27. The number of carboxylic acids is 1. The molecule has 1 aliphatic rings. The van der Waals surface area contributed by atoms with E-state index in [1.807, 2.05) is 24.3 Å². The van der Waals surface area contributed by atoms with Crippen molar-refractivity contribution in [2.75, 3.05) is 13.1 Å². The van der Waals surface area contributed by atoms with Crippen molar-refractivity contribution in [2.24, 2.45) is 5.73 Å². The van der Waals surface area contributed by atoms with Gasteiger partial charge in [-0.05, 0) is 49.9 Å². The summed E-state index contributed by atoms with van der Waals surface area (Å²) in [6.45, 7) is 1.62. The largest absolute Gasteiger partial charge is 0.480 e. The van der Waals surface area contributed by atoms with Crippen molar-refractivity contribution in [3.05, 3.63) is 34.9 Å². The van der Waals surface area contributed by atoms with Gasteiger partial charge in [0.1, 0.15) is 6.04 Å². The second kappa shape index (κ2) is 9.75. The first-order valence-electron chi connectivity index (χ1n) is 8.74. The van der Waals surface area contributed by atoms with Gasteiger partial charge in [0.05, 0.1) is 6.04 Å². The minimum Gasteiger partial charge on any atom is -0.480 e. The zero-order valence-corrected chi connectivity index (χ0v) is 15.0. The highest BCUT2D eigenvalue weighted by atomic mass is 35.5. The van der Waals surface area contributed by atoms with Gasteiger partial charge < -0.3 is 21.1 Å². The highest BCUT2D eigenvalue weighted by Gasteiger charge is 2.36. The summed E-state index contributed by atoms with van der Waals surface area (Å²) in [7, 11) is 0. The van der Waals surface area contributed by atoms with Crippen molar-refractivity contribution in [2.45, 2.75) is 50.7 Å². The van der Waals surface area contributed by atoms with Crippen molar-refractivity contribution in [3.63, 3.8) is 0 Å². The Balaban J connectivity index is 2.01. The van der Waals surface area contributed by atoms with Crippen LogP contribution in [-0.4, -0.2) is 47.1 Å². The van der Waals surface area contributed by atoms with Crippen LogP contribution in [0.2, 0.25) is 5.02 Å². The number of carboxylic acid groups (broad SMARTS) is 1. The Morgan fingerprint density at radius 1 is 1.32 bits per heavy atom. The number of rotatable bonds is 9. The molecule has 7 heteroatoms. The summed E-state index contributed by atoms with van der Waals surface area (Å²) in [5.41, 5.74) is 6.57. The van der Waals surface area contributed by atoms with Crippen molar-refractivity contribution in [1.82, 2.24) is 10.2 Å². The van der Waals surface area contributed by atoms with Gasteiger partial charge in [0.2, 0.25) is 5.91 Å². The highest BCUT2D eigenvalue weighted by Crippen LogP contribution is 2.20. The average Bonchev–Trinajstić information content (AvgIpc) is 3.09. The number of hydrogen-bond donors (Lipinski definition) is 3. The van der Waals surface area contributed by atoms with Gasteiger partial charge in [0.25, 0.3) is 0 Å². The third-order valence-electron chi connectivity index (χ3n) is 4.53. The van der Waals surface area contributed by atoms with E-state index in [0.29, 0.717) is 37.5 Å². The molecule has 138 valence electrons. The summed E-state index contributed by atoms with van der Waals surface area (Å²) in [5, 5.41) is 13.3. The van der Waals surface area contributed by atoms with Crippen LogP contribution in [0.4, 0.5) is 0 Å². The Hall–Kier alpha value is -1.63. The van der Waals surface area contributed by atoms with E-state index in [2.05, 4.69) is 5.32 Å². The molecular weight excluding hydrogens is 342 g/mol. The molecule has 1 aromatic rings. The number of amides is 1. The molecule has 1 saturated heterocycles. The number of nitrogens with zero attached hydrogens (tertiary/aromatic N) is 1. The third-order valence-corrected chi connectivity index (χ3v) is 4.78. The monoisotopic (exact) mass is 367 g/mol. The van der Waals surface area contributed by atoms with Crippen LogP contribution in [0.3, 0.4) is 0 Å². The van der Waals surface area contributed by atoms with Crippen LogP contribution in [0, 0.1) is 0 Å².